The lowest BCUT2D eigenvalue weighted by Crippen LogP contribution is -2.05. The molecule has 0 N–H and O–H groups in total. The Kier molecular flexibility index (Phi) is 4.24. The SMILES string of the molecule is O=C(OCc1cccc(Cl)c1)c1ccccc1Cl. The molecule has 2 rings (SSSR count). The summed E-state index contributed by atoms with van der Waals surface area (Å²) in [6, 6.07) is 13.9. The van der Waals surface area contributed by atoms with Crippen LogP contribution in [-0.2, 0) is 11.3 Å². The third-order valence-corrected chi connectivity index (χ3v) is 2.92. The summed E-state index contributed by atoms with van der Waals surface area (Å²) in [6.45, 7) is 0.171. The molecule has 0 aliphatic carbocycles. The van der Waals surface area contributed by atoms with Crippen molar-refractivity contribution in [1.29, 1.82) is 0 Å². The van der Waals surface area contributed by atoms with Gasteiger partial charge in [0, 0.05) is 5.02 Å². The standard InChI is InChI=1S/C14H10Cl2O2/c15-11-5-3-4-10(8-11)9-18-14(17)12-6-1-2-7-13(12)16/h1-8H,9H2. The van der Waals surface area contributed by atoms with Crippen LogP contribution in [0.25, 0.3) is 0 Å². The number of esters is 1. The van der Waals surface area contributed by atoms with Crippen LogP contribution < -0.4 is 0 Å². The molecule has 2 aromatic carbocycles. The van der Waals surface area contributed by atoms with E-state index in [9.17, 15) is 4.79 Å². The Bertz CT molecular complexity index is 567. The molecular weight excluding hydrogens is 271 g/mol. The number of halogens is 2. The maximum atomic E-state index is 11.8. The third kappa shape index (κ3) is 3.25. The highest BCUT2D eigenvalue weighted by Gasteiger charge is 2.10. The first-order chi connectivity index (χ1) is 8.66. The van der Waals surface area contributed by atoms with Crippen molar-refractivity contribution in [3.63, 3.8) is 0 Å². The summed E-state index contributed by atoms with van der Waals surface area (Å²) in [5, 5.41) is 0.995. The van der Waals surface area contributed by atoms with Crippen molar-refractivity contribution >= 4 is 29.2 Å². The molecule has 0 fully saturated rings. The molecule has 0 spiro atoms. The molecule has 92 valence electrons. The Balaban J connectivity index is 2.03. The molecule has 0 saturated heterocycles. The molecule has 2 aromatic rings. The highest BCUT2D eigenvalue weighted by molar-refractivity contribution is 6.33. The lowest BCUT2D eigenvalue weighted by molar-refractivity contribution is 0.0473. The first-order valence-corrected chi connectivity index (χ1v) is 6.08. The quantitative estimate of drug-likeness (QED) is 0.782. The monoisotopic (exact) mass is 280 g/mol. The predicted octanol–water partition coefficient (Wildman–Crippen LogP) is 4.35. The molecule has 0 aromatic heterocycles. The van der Waals surface area contributed by atoms with Crippen LogP contribution >= 0.6 is 23.2 Å². The van der Waals surface area contributed by atoms with Crippen LogP contribution in [0.1, 0.15) is 15.9 Å². The van der Waals surface area contributed by atoms with E-state index in [0.717, 1.165) is 5.56 Å². The number of carbonyl (C=O) groups is 1. The van der Waals surface area contributed by atoms with E-state index in [4.69, 9.17) is 27.9 Å². The summed E-state index contributed by atoms with van der Waals surface area (Å²) in [6.07, 6.45) is 0. The van der Waals surface area contributed by atoms with E-state index in [1.54, 1.807) is 42.5 Å². The van der Waals surface area contributed by atoms with E-state index in [0.29, 0.717) is 15.6 Å². The molecule has 0 atom stereocenters. The molecule has 0 unspecified atom stereocenters. The molecule has 4 heteroatoms. The highest BCUT2D eigenvalue weighted by atomic mass is 35.5. The zero-order valence-electron chi connectivity index (χ0n) is 9.40. The molecule has 0 aliphatic heterocycles. The normalized spacial score (nSPS) is 10.1. The van der Waals surface area contributed by atoms with Gasteiger partial charge in [-0.3, -0.25) is 0 Å². The second kappa shape index (κ2) is 5.89. The lowest BCUT2D eigenvalue weighted by Gasteiger charge is -2.06. The van der Waals surface area contributed by atoms with E-state index in [1.807, 2.05) is 6.07 Å². The Morgan fingerprint density at radius 2 is 1.83 bits per heavy atom. The second-order valence-electron chi connectivity index (χ2n) is 3.69. The summed E-state index contributed by atoms with van der Waals surface area (Å²) < 4.78 is 5.17. The average molecular weight is 281 g/mol. The van der Waals surface area contributed by atoms with Gasteiger partial charge in [-0.05, 0) is 29.8 Å². The minimum atomic E-state index is -0.444. The van der Waals surface area contributed by atoms with Gasteiger partial charge in [0.05, 0.1) is 10.6 Å². The van der Waals surface area contributed by atoms with Crippen molar-refractivity contribution in [2.24, 2.45) is 0 Å². The van der Waals surface area contributed by atoms with Gasteiger partial charge in [0.2, 0.25) is 0 Å². The second-order valence-corrected chi connectivity index (χ2v) is 4.53. The molecular formula is C14H10Cl2O2. The first-order valence-electron chi connectivity index (χ1n) is 5.33. The molecule has 0 bridgehead atoms. The van der Waals surface area contributed by atoms with Gasteiger partial charge in [0.15, 0.2) is 0 Å². The van der Waals surface area contributed by atoms with Gasteiger partial charge in [-0.1, -0.05) is 47.5 Å². The first kappa shape index (κ1) is 12.9. The summed E-state index contributed by atoms with van der Waals surface area (Å²) in [4.78, 5) is 11.8. The summed E-state index contributed by atoms with van der Waals surface area (Å²) in [5.41, 5.74) is 1.20. The fraction of sp³-hybridized carbons (Fsp3) is 0.0714. The van der Waals surface area contributed by atoms with Gasteiger partial charge in [0.1, 0.15) is 6.61 Å². The largest absolute Gasteiger partial charge is 0.457 e. The van der Waals surface area contributed by atoms with Crippen LogP contribution in [0, 0.1) is 0 Å². The third-order valence-electron chi connectivity index (χ3n) is 2.35. The number of hydrogen-bond acceptors (Lipinski definition) is 2. The minimum absolute atomic E-state index is 0.171. The van der Waals surface area contributed by atoms with Crippen LogP contribution in [0.5, 0.6) is 0 Å². The van der Waals surface area contributed by atoms with Crippen molar-refractivity contribution in [2.75, 3.05) is 0 Å². The van der Waals surface area contributed by atoms with Crippen LogP contribution in [0.15, 0.2) is 48.5 Å². The molecule has 0 aliphatic rings. The number of rotatable bonds is 3. The Morgan fingerprint density at radius 1 is 1.06 bits per heavy atom. The van der Waals surface area contributed by atoms with Gasteiger partial charge in [0.25, 0.3) is 0 Å². The molecule has 18 heavy (non-hydrogen) atoms. The molecule has 2 nitrogen and oxygen atoms in total. The lowest BCUT2D eigenvalue weighted by atomic mass is 10.2. The van der Waals surface area contributed by atoms with Gasteiger partial charge < -0.3 is 4.74 Å². The van der Waals surface area contributed by atoms with Crippen molar-refractivity contribution in [2.45, 2.75) is 6.61 Å². The number of carbonyl (C=O) groups excluding carboxylic acids is 1. The summed E-state index contributed by atoms with van der Waals surface area (Å²) in [7, 11) is 0. The topological polar surface area (TPSA) is 26.3 Å². The van der Waals surface area contributed by atoms with Crippen molar-refractivity contribution in [3.05, 3.63) is 69.7 Å². The van der Waals surface area contributed by atoms with E-state index < -0.39 is 5.97 Å². The highest BCUT2D eigenvalue weighted by Crippen LogP contribution is 2.17. The average Bonchev–Trinajstić information content (AvgIpc) is 2.37. The fourth-order valence-electron chi connectivity index (χ4n) is 1.48. The van der Waals surface area contributed by atoms with Gasteiger partial charge in [-0.25, -0.2) is 4.79 Å². The van der Waals surface area contributed by atoms with Crippen molar-refractivity contribution in [3.8, 4) is 0 Å². The minimum Gasteiger partial charge on any atom is -0.457 e. The van der Waals surface area contributed by atoms with Crippen LogP contribution in [0.3, 0.4) is 0 Å². The maximum Gasteiger partial charge on any atom is 0.339 e. The van der Waals surface area contributed by atoms with Crippen LogP contribution in [0.4, 0.5) is 0 Å². The van der Waals surface area contributed by atoms with E-state index >= 15 is 0 Å². The molecule has 0 radical (unpaired) electrons. The van der Waals surface area contributed by atoms with E-state index in [-0.39, 0.29) is 6.61 Å². The fourth-order valence-corrected chi connectivity index (χ4v) is 1.91. The van der Waals surface area contributed by atoms with Crippen molar-refractivity contribution in [1.82, 2.24) is 0 Å². The van der Waals surface area contributed by atoms with Crippen LogP contribution in [-0.4, -0.2) is 5.97 Å². The molecule has 0 saturated carbocycles. The zero-order chi connectivity index (χ0) is 13.0. The van der Waals surface area contributed by atoms with Gasteiger partial charge in [-0.15, -0.1) is 0 Å². The maximum absolute atomic E-state index is 11.8. The number of hydrogen-bond donors (Lipinski definition) is 0. The van der Waals surface area contributed by atoms with Gasteiger partial charge in [-0.2, -0.15) is 0 Å². The van der Waals surface area contributed by atoms with Crippen molar-refractivity contribution < 1.29 is 9.53 Å². The Labute approximate surface area is 115 Å². The zero-order valence-corrected chi connectivity index (χ0v) is 10.9. The molecule has 0 amide bonds. The summed E-state index contributed by atoms with van der Waals surface area (Å²) in [5.74, 6) is -0.444. The van der Waals surface area contributed by atoms with Crippen LogP contribution in [0.2, 0.25) is 10.0 Å². The smallest absolute Gasteiger partial charge is 0.339 e. The number of ether oxygens (including phenoxy) is 1. The number of benzene rings is 2. The summed E-state index contributed by atoms with van der Waals surface area (Å²) >= 11 is 11.7. The Hall–Kier alpha value is -1.51. The Morgan fingerprint density at radius 3 is 2.56 bits per heavy atom. The molecule has 0 heterocycles. The van der Waals surface area contributed by atoms with Gasteiger partial charge >= 0.3 is 5.97 Å². The van der Waals surface area contributed by atoms with E-state index in [2.05, 4.69) is 0 Å². The van der Waals surface area contributed by atoms with E-state index in [1.165, 1.54) is 0 Å². The predicted molar refractivity (Wildman–Crippen MR) is 72.0 cm³/mol.